The maximum atomic E-state index is 5.76. The summed E-state index contributed by atoms with van der Waals surface area (Å²) < 4.78 is 0. The number of aliphatic imine (C=N–C) groups is 1. The second-order valence-electron chi connectivity index (χ2n) is 2.54. The van der Waals surface area contributed by atoms with Crippen molar-refractivity contribution in [1.29, 1.82) is 0 Å². The van der Waals surface area contributed by atoms with Crippen LogP contribution in [0.15, 0.2) is 29.3 Å². The molecule has 0 saturated heterocycles. The van der Waals surface area contributed by atoms with Crippen molar-refractivity contribution in [2.75, 3.05) is 0 Å². The molecule has 0 amide bonds. The number of hydrogen-bond donors (Lipinski definition) is 0. The van der Waals surface area contributed by atoms with E-state index in [1.54, 1.807) is 0 Å². The Morgan fingerprint density at radius 1 is 1.36 bits per heavy atom. The lowest BCUT2D eigenvalue weighted by Crippen LogP contribution is -1.77. The number of hydrogen-bond acceptors (Lipinski definition) is 1. The lowest BCUT2D eigenvalue weighted by molar-refractivity contribution is 1.48. The van der Waals surface area contributed by atoms with Crippen LogP contribution >= 0.6 is 11.6 Å². The van der Waals surface area contributed by atoms with Gasteiger partial charge >= 0.3 is 0 Å². The maximum Gasteiger partial charge on any atom is 0.0643 e. The molecule has 0 aromatic heterocycles. The summed E-state index contributed by atoms with van der Waals surface area (Å²) in [5, 5.41) is 0.729. The number of benzene rings is 1. The van der Waals surface area contributed by atoms with E-state index in [9.17, 15) is 0 Å². The summed E-state index contributed by atoms with van der Waals surface area (Å²) >= 11 is 5.76. The highest BCUT2D eigenvalue weighted by Gasteiger charge is 1.89. The standard InChI is InChI=1S/C9H10ClN/c1-7(2)11-9-5-3-4-8(10)6-9/h3-6H,1-2H3. The molecule has 0 aliphatic heterocycles. The van der Waals surface area contributed by atoms with Crippen LogP contribution in [0.4, 0.5) is 5.69 Å². The van der Waals surface area contributed by atoms with Crippen LogP contribution in [-0.2, 0) is 0 Å². The van der Waals surface area contributed by atoms with Crippen LogP contribution in [-0.4, -0.2) is 5.71 Å². The van der Waals surface area contributed by atoms with E-state index in [-0.39, 0.29) is 0 Å². The zero-order valence-corrected chi connectivity index (χ0v) is 7.39. The highest BCUT2D eigenvalue weighted by Crippen LogP contribution is 2.17. The predicted octanol–water partition coefficient (Wildman–Crippen LogP) is 3.45. The van der Waals surface area contributed by atoms with Crippen molar-refractivity contribution >= 4 is 23.0 Å². The highest BCUT2D eigenvalue weighted by molar-refractivity contribution is 6.30. The molecule has 0 aliphatic carbocycles. The molecular formula is C9H10ClN. The third-order valence-corrected chi connectivity index (χ3v) is 1.40. The summed E-state index contributed by atoms with van der Waals surface area (Å²) in [5.41, 5.74) is 1.95. The van der Waals surface area contributed by atoms with Crippen LogP contribution in [0, 0.1) is 0 Å². The van der Waals surface area contributed by atoms with Gasteiger partial charge < -0.3 is 0 Å². The average Bonchev–Trinajstić information content (AvgIpc) is 1.85. The molecular weight excluding hydrogens is 158 g/mol. The molecule has 0 N–H and O–H groups in total. The lowest BCUT2D eigenvalue weighted by Gasteiger charge is -1.94. The molecule has 0 saturated carbocycles. The number of halogens is 1. The topological polar surface area (TPSA) is 12.4 Å². The molecule has 58 valence electrons. The van der Waals surface area contributed by atoms with Gasteiger partial charge in [-0.1, -0.05) is 17.7 Å². The van der Waals surface area contributed by atoms with E-state index in [1.807, 2.05) is 38.1 Å². The van der Waals surface area contributed by atoms with Gasteiger partial charge in [0.05, 0.1) is 5.69 Å². The van der Waals surface area contributed by atoms with Gasteiger partial charge in [0, 0.05) is 10.7 Å². The SMILES string of the molecule is CC(C)=Nc1cccc(Cl)c1. The van der Waals surface area contributed by atoms with Gasteiger partial charge in [0.25, 0.3) is 0 Å². The van der Waals surface area contributed by atoms with Crippen molar-refractivity contribution in [3.63, 3.8) is 0 Å². The third kappa shape index (κ3) is 2.72. The largest absolute Gasteiger partial charge is 0.258 e. The maximum absolute atomic E-state index is 5.76. The second-order valence-corrected chi connectivity index (χ2v) is 2.98. The average molecular weight is 168 g/mol. The minimum atomic E-state index is 0.729. The molecule has 11 heavy (non-hydrogen) atoms. The molecule has 1 aromatic carbocycles. The summed E-state index contributed by atoms with van der Waals surface area (Å²) in [6.45, 7) is 3.92. The van der Waals surface area contributed by atoms with Crippen LogP contribution in [0.1, 0.15) is 13.8 Å². The normalized spacial score (nSPS) is 9.36. The van der Waals surface area contributed by atoms with E-state index >= 15 is 0 Å². The van der Waals surface area contributed by atoms with E-state index in [2.05, 4.69) is 4.99 Å². The van der Waals surface area contributed by atoms with Crippen molar-refractivity contribution in [3.05, 3.63) is 29.3 Å². The Hall–Kier alpha value is -0.820. The second kappa shape index (κ2) is 3.54. The van der Waals surface area contributed by atoms with Gasteiger partial charge in [0.1, 0.15) is 0 Å². The Kier molecular flexibility index (Phi) is 2.66. The van der Waals surface area contributed by atoms with Crippen LogP contribution in [0.3, 0.4) is 0 Å². The van der Waals surface area contributed by atoms with Crippen LogP contribution in [0.2, 0.25) is 5.02 Å². The molecule has 1 aromatic rings. The Balaban J connectivity index is 2.97. The summed E-state index contributed by atoms with van der Waals surface area (Å²) in [6, 6.07) is 7.50. The van der Waals surface area contributed by atoms with Crippen molar-refractivity contribution in [2.45, 2.75) is 13.8 Å². The van der Waals surface area contributed by atoms with Gasteiger partial charge in [0.2, 0.25) is 0 Å². The minimum absolute atomic E-state index is 0.729. The number of nitrogens with zero attached hydrogens (tertiary/aromatic N) is 1. The van der Waals surface area contributed by atoms with Gasteiger partial charge in [-0.15, -0.1) is 0 Å². The fourth-order valence-corrected chi connectivity index (χ4v) is 0.988. The van der Waals surface area contributed by atoms with Crippen LogP contribution < -0.4 is 0 Å². The van der Waals surface area contributed by atoms with Gasteiger partial charge in [-0.25, -0.2) is 0 Å². The zero-order valence-electron chi connectivity index (χ0n) is 6.63. The fraction of sp³-hybridized carbons (Fsp3) is 0.222. The van der Waals surface area contributed by atoms with Crippen molar-refractivity contribution in [2.24, 2.45) is 4.99 Å². The Morgan fingerprint density at radius 3 is 2.64 bits per heavy atom. The van der Waals surface area contributed by atoms with E-state index < -0.39 is 0 Å². The lowest BCUT2D eigenvalue weighted by atomic mass is 10.3. The van der Waals surface area contributed by atoms with Crippen LogP contribution in [0.5, 0.6) is 0 Å². The van der Waals surface area contributed by atoms with E-state index in [0.29, 0.717) is 0 Å². The van der Waals surface area contributed by atoms with Gasteiger partial charge in [-0.05, 0) is 32.0 Å². The predicted molar refractivity (Wildman–Crippen MR) is 49.9 cm³/mol. The summed E-state index contributed by atoms with van der Waals surface area (Å²) in [5.74, 6) is 0. The summed E-state index contributed by atoms with van der Waals surface area (Å²) in [7, 11) is 0. The molecule has 2 heteroatoms. The molecule has 0 unspecified atom stereocenters. The van der Waals surface area contributed by atoms with E-state index in [1.165, 1.54) is 0 Å². The van der Waals surface area contributed by atoms with E-state index in [4.69, 9.17) is 11.6 Å². The third-order valence-electron chi connectivity index (χ3n) is 1.16. The Morgan fingerprint density at radius 2 is 2.09 bits per heavy atom. The van der Waals surface area contributed by atoms with Gasteiger partial charge in [-0.3, -0.25) is 4.99 Å². The summed E-state index contributed by atoms with van der Waals surface area (Å²) in [6.07, 6.45) is 0. The monoisotopic (exact) mass is 167 g/mol. The molecule has 1 nitrogen and oxygen atoms in total. The Labute approximate surface area is 71.7 Å². The first kappa shape index (κ1) is 8.28. The van der Waals surface area contributed by atoms with Gasteiger partial charge in [-0.2, -0.15) is 0 Å². The molecule has 0 radical (unpaired) electrons. The zero-order chi connectivity index (χ0) is 8.27. The molecule has 0 aliphatic rings. The quantitative estimate of drug-likeness (QED) is 0.568. The first-order valence-corrected chi connectivity index (χ1v) is 3.84. The van der Waals surface area contributed by atoms with E-state index in [0.717, 1.165) is 16.4 Å². The fourth-order valence-electron chi connectivity index (χ4n) is 0.804. The molecule has 0 heterocycles. The van der Waals surface area contributed by atoms with Crippen molar-refractivity contribution in [1.82, 2.24) is 0 Å². The molecule has 1 rings (SSSR count). The smallest absolute Gasteiger partial charge is 0.0643 e. The summed E-state index contributed by atoms with van der Waals surface area (Å²) in [4.78, 5) is 4.25. The highest BCUT2D eigenvalue weighted by atomic mass is 35.5. The first-order valence-electron chi connectivity index (χ1n) is 3.46. The number of rotatable bonds is 1. The van der Waals surface area contributed by atoms with Crippen molar-refractivity contribution < 1.29 is 0 Å². The molecule has 0 spiro atoms. The molecule has 0 atom stereocenters. The van der Waals surface area contributed by atoms with Crippen molar-refractivity contribution in [3.8, 4) is 0 Å². The Bertz CT molecular complexity index is 275. The molecule has 0 bridgehead atoms. The molecule has 0 fully saturated rings. The van der Waals surface area contributed by atoms with Crippen LogP contribution in [0.25, 0.3) is 0 Å². The van der Waals surface area contributed by atoms with Gasteiger partial charge in [0.15, 0.2) is 0 Å². The minimum Gasteiger partial charge on any atom is -0.258 e. The first-order chi connectivity index (χ1) is 5.18.